The molecule has 0 bridgehead atoms. The number of hydrogen-bond acceptors (Lipinski definition) is 2. The van der Waals surface area contributed by atoms with Crippen molar-refractivity contribution < 1.29 is 4.79 Å². The van der Waals surface area contributed by atoms with E-state index in [4.69, 9.17) is 5.73 Å². The highest BCUT2D eigenvalue weighted by Crippen LogP contribution is 2.40. The molecular formula is C13H24N2O. The Labute approximate surface area is 98.2 Å². The minimum Gasteiger partial charge on any atom is -0.353 e. The molecule has 0 saturated heterocycles. The van der Waals surface area contributed by atoms with Crippen LogP contribution in [0.1, 0.15) is 51.9 Å². The van der Waals surface area contributed by atoms with Crippen molar-refractivity contribution in [3.8, 4) is 0 Å². The zero-order valence-electron chi connectivity index (χ0n) is 10.3. The van der Waals surface area contributed by atoms with Crippen LogP contribution in [0.2, 0.25) is 0 Å². The summed E-state index contributed by atoms with van der Waals surface area (Å²) in [6.07, 6.45) is 8.32. The van der Waals surface area contributed by atoms with E-state index in [1.807, 2.05) is 0 Å². The smallest absolute Gasteiger partial charge is 0.227 e. The predicted octanol–water partition coefficient (Wildman–Crippen LogP) is 1.81. The molecule has 0 heterocycles. The number of rotatable bonds is 4. The average molecular weight is 224 g/mol. The highest BCUT2D eigenvalue weighted by molar-refractivity contribution is 5.84. The molecule has 0 aromatic carbocycles. The van der Waals surface area contributed by atoms with Crippen LogP contribution in [-0.2, 0) is 4.79 Å². The third-order valence-corrected chi connectivity index (χ3v) is 4.65. The van der Waals surface area contributed by atoms with Crippen LogP contribution in [-0.4, -0.2) is 18.5 Å². The van der Waals surface area contributed by atoms with Gasteiger partial charge in [-0.05, 0) is 38.5 Å². The molecule has 16 heavy (non-hydrogen) atoms. The molecule has 0 aromatic heterocycles. The van der Waals surface area contributed by atoms with Gasteiger partial charge in [0.15, 0.2) is 0 Å². The summed E-state index contributed by atoms with van der Waals surface area (Å²) in [7, 11) is 0. The van der Waals surface area contributed by atoms with Crippen molar-refractivity contribution in [2.45, 2.75) is 57.9 Å². The number of amides is 1. The molecule has 0 spiro atoms. The predicted molar refractivity (Wildman–Crippen MR) is 64.9 cm³/mol. The molecule has 3 heteroatoms. The lowest BCUT2D eigenvalue weighted by Crippen LogP contribution is -2.53. The van der Waals surface area contributed by atoms with Gasteiger partial charge in [0.05, 0.1) is 5.41 Å². The summed E-state index contributed by atoms with van der Waals surface area (Å²) in [5.74, 6) is 0.902. The number of nitrogens with two attached hydrogens (primary N) is 1. The van der Waals surface area contributed by atoms with E-state index < -0.39 is 0 Å². The van der Waals surface area contributed by atoms with Gasteiger partial charge in [0.25, 0.3) is 0 Å². The fourth-order valence-electron chi connectivity index (χ4n) is 3.06. The minimum absolute atomic E-state index is 0.209. The van der Waals surface area contributed by atoms with E-state index in [9.17, 15) is 4.79 Å². The van der Waals surface area contributed by atoms with E-state index >= 15 is 0 Å². The molecule has 3 nitrogen and oxygen atoms in total. The van der Waals surface area contributed by atoms with E-state index in [1.165, 1.54) is 25.7 Å². The fraction of sp³-hybridized carbons (Fsp3) is 0.923. The topological polar surface area (TPSA) is 55.1 Å². The minimum atomic E-state index is -0.215. The van der Waals surface area contributed by atoms with Crippen LogP contribution in [0.4, 0.5) is 0 Å². The van der Waals surface area contributed by atoms with Gasteiger partial charge in [0.1, 0.15) is 0 Å². The lowest BCUT2D eigenvalue weighted by atomic mass is 9.68. The van der Waals surface area contributed by atoms with Gasteiger partial charge in [-0.25, -0.2) is 0 Å². The lowest BCUT2D eigenvalue weighted by molar-refractivity contribution is -0.136. The summed E-state index contributed by atoms with van der Waals surface area (Å²) in [6, 6.07) is 0.332. The normalized spacial score (nSPS) is 26.1. The van der Waals surface area contributed by atoms with Crippen molar-refractivity contribution in [1.29, 1.82) is 0 Å². The van der Waals surface area contributed by atoms with Gasteiger partial charge in [0.2, 0.25) is 5.91 Å². The molecule has 2 saturated carbocycles. The molecule has 1 atom stereocenters. The van der Waals surface area contributed by atoms with E-state index in [0.29, 0.717) is 18.5 Å². The zero-order chi connectivity index (χ0) is 11.6. The van der Waals surface area contributed by atoms with Crippen LogP contribution >= 0.6 is 0 Å². The summed E-state index contributed by atoms with van der Waals surface area (Å²) in [5.41, 5.74) is 5.52. The summed E-state index contributed by atoms with van der Waals surface area (Å²) >= 11 is 0. The van der Waals surface area contributed by atoms with E-state index in [-0.39, 0.29) is 11.3 Å². The van der Waals surface area contributed by atoms with Crippen LogP contribution in [0.25, 0.3) is 0 Å². The van der Waals surface area contributed by atoms with Crippen LogP contribution in [0.5, 0.6) is 0 Å². The van der Waals surface area contributed by atoms with Crippen molar-refractivity contribution in [3.05, 3.63) is 0 Å². The average Bonchev–Trinajstić information content (AvgIpc) is 2.69. The molecule has 3 N–H and O–H groups in total. The van der Waals surface area contributed by atoms with Crippen LogP contribution in [0, 0.1) is 11.3 Å². The lowest BCUT2D eigenvalue weighted by Gasteiger charge is -2.40. The second-order valence-corrected chi connectivity index (χ2v) is 5.64. The Bertz CT molecular complexity index is 249. The largest absolute Gasteiger partial charge is 0.353 e. The Morgan fingerprint density at radius 1 is 1.38 bits per heavy atom. The first kappa shape index (κ1) is 11.9. The number of carbonyl (C=O) groups is 1. The Hall–Kier alpha value is -0.570. The first-order valence-corrected chi connectivity index (χ1v) is 6.69. The first-order valence-electron chi connectivity index (χ1n) is 6.69. The van der Waals surface area contributed by atoms with Gasteiger partial charge in [-0.2, -0.15) is 0 Å². The van der Waals surface area contributed by atoms with Crippen molar-refractivity contribution in [1.82, 2.24) is 5.32 Å². The summed E-state index contributed by atoms with van der Waals surface area (Å²) in [5, 5.41) is 3.20. The second-order valence-electron chi connectivity index (χ2n) is 5.64. The van der Waals surface area contributed by atoms with E-state index in [1.54, 1.807) is 0 Å². The third kappa shape index (κ3) is 2.10. The molecule has 2 aliphatic rings. The Kier molecular flexibility index (Phi) is 3.53. The van der Waals surface area contributed by atoms with Crippen LogP contribution < -0.4 is 11.1 Å². The number of nitrogens with one attached hydrogen (secondary N) is 1. The van der Waals surface area contributed by atoms with E-state index in [2.05, 4.69) is 12.2 Å². The van der Waals surface area contributed by atoms with Gasteiger partial charge in [-0.3, -0.25) is 4.79 Å². The third-order valence-electron chi connectivity index (χ3n) is 4.65. The molecule has 1 amide bonds. The number of carbonyl (C=O) groups excluding carboxylic acids is 1. The molecule has 0 aromatic rings. The Balaban J connectivity index is 1.86. The molecule has 0 aliphatic heterocycles. The van der Waals surface area contributed by atoms with Gasteiger partial charge in [-0.15, -0.1) is 0 Å². The Morgan fingerprint density at radius 2 is 2.00 bits per heavy atom. The standard InChI is InChI=1S/C13H24N2O/c1-10(11-5-2-3-6-11)15-12(16)13(9-14)7-4-8-13/h10-11H,2-9,14H2,1H3,(H,15,16)/t10-/m1/s1. The monoisotopic (exact) mass is 224 g/mol. The fourth-order valence-corrected chi connectivity index (χ4v) is 3.06. The number of hydrogen-bond donors (Lipinski definition) is 2. The molecule has 2 aliphatic carbocycles. The first-order chi connectivity index (χ1) is 7.68. The maximum Gasteiger partial charge on any atom is 0.227 e. The molecule has 0 unspecified atom stereocenters. The summed E-state index contributed by atoms with van der Waals surface area (Å²) in [4.78, 5) is 12.2. The highest BCUT2D eigenvalue weighted by Gasteiger charge is 2.43. The molecule has 2 rings (SSSR count). The van der Waals surface area contributed by atoms with Gasteiger partial charge in [-0.1, -0.05) is 19.3 Å². The maximum atomic E-state index is 12.2. The van der Waals surface area contributed by atoms with Crippen molar-refractivity contribution in [2.75, 3.05) is 6.54 Å². The molecular weight excluding hydrogens is 200 g/mol. The van der Waals surface area contributed by atoms with Crippen molar-refractivity contribution >= 4 is 5.91 Å². The van der Waals surface area contributed by atoms with Crippen LogP contribution in [0.3, 0.4) is 0 Å². The maximum absolute atomic E-state index is 12.2. The van der Waals surface area contributed by atoms with Crippen molar-refractivity contribution in [3.63, 3.8) is 0 Å². The summed E-state index contributed by atoms with van der Waals surface area (Å²) < 4.78 is 0. The van der Waals surface area contributed by atoms with E-state index in [0.717, 1.165) is 19.3 Å². The summed E-state index contributed by atoms with van der Waals surface area (Å²) in [6.45, 7) is 2.66. The van der Waals surface area contributed by atoms with Gasteiger partial charge in [0, 0.05) is 12.6 Å². The quantitative estimate of drug-likeness (QED) is 0.765. The molecule has 92 valence electrons. The second kappa shape index (κ2) is 4.74. The molecule has 2 fully saturated rings. The van der Waals surface area contributed by atoms with Crippen LogP contribution in [0.15, 0.2) is 0 Å². The van der Waals surface area contributed by atoms with Crippen molar-refractivity contribution in [2.24, 2.45) is 17.1 Å². The Morgan fingerprint density at radius 3 is 2.44 bits per heavy atom. The van der Waals surface area contributed by atoms with Gasteiger partial charge < -0.3 is 11.1 Å². The zero-order valence-corrected chi connectivity index (χ0v) is 10.3. The SMILES string of the molecule is C[C@@H](NC(=O)C1(CN)CCC1)C1CCCC1. The van der Waals surface area contributed by atoms with Gasteiger partial charge >= 0.3 is 0 Å². The highest BCUT2D eigenvalue weighted by atomic mass is 16.2. The molecule has 0 radical (unpaired) electrons.